The number of alkyl halides is 1. The van der Waals surface area contributed by atoms with Gasteiger partial charge in [-0.05, 0) is 30.0 Å². The summed E-state index contributed by atoms with van der Waals surface area (Å²) in [5.74, 6) is 0.592. The first-order valence-electron chi connectivity index (χ1n) is 3.77. The van der Waals surface area contributed by atoms with Crippen molar-refractivity contribution in [1.29, 1.82) is 0 Å². The third kappa shape index (κ3) is 1.63. The quantitative estimate of drug-likeness (QED) is 0.667. The topological polar surface area (TPSA) is 0 Å². The molecule has 0 saturated heterocycles. The lowest BCUT2D eigenvalue weighted by Crippen LogP contribution is -1.83. The maximum Gasteiger partial charge on any atom is 0.0456 e. The van der Waals surface area contributed by atoms with E-state index in [2.05, 4.69) is 15.9 Å². The van der Waals surface area contributed by atoms with Crippen molar-refractivity contribution < 1.29 is 0 Å². The van der Waals surface area contributed by atoms with Gasteiger partial charge in [0.05, 0.1) is 0 Å². The molecule has 0 amide bonds. The van der Waals surface area contributed by atoms with Crippen molar-refractivity contribution in [2.75, 3.05) is 0 Å². The fourth-order valence-corrected chi connectivity index (χ4v) is 2.52. The van der Waals surface area contributed by atoms with Crippen LogP contribution in [0.25, 0.3) is 0 Å². The van der Waals surface area contributed by atoms with Gasteiger partial charge in [-0.25, -0.2) is 0 Å². The predicted molar refractivity (Wildman–Crippen MR) is 56.5 cm³/mol. The normalized spacial score (nSPS) is 27.2. The second-order valence-electron chi connectivity index (χ2n) is 3.02. The Hall–Kier alpha value is 0.280. The van der Waals surface area contributed by atoms with Gasteiger partial charge in [0.25, 0.3) is 0 Å². The summed E-state index contributed by atoms with van der Waals surface area (Å²) in [7, 11) is 0. The average molecular weight is 266 g/mol. The van der Waals surface area contributed by atoms with Gasteiger partial charge in [-0.15, -0.1) is 0 Å². The first-order valence-corrected chi connectivity index (χ1v) is 5.44. The van der Waals surface area contributed by atoms with Crippen LogP contribution in [0.3, 0.4) is 0 Å². The van der Waals surface area contributed by atoms with Gasteiger partial charge in [0, 0.05) is 14.9 Å². The van der Waals surface area contributed by atoms with Crippen LogP contribution in [0.2, 0.25) is 10.0 Å². The Bertz CT molecular complexity index is 311. The van der Waals surface area contributed by atoms with Crippen LogP contribution in [0.4, 0.5) is 0 Å². The maximum atomic E-state index is 6.02. The lowest BCUT2D eigenvalue weighted by Gasteiger charge is -2.01. The lowest BCUT2D eigenvalue weighted by atomic mass is 10.1. The largest absolute Gasteiger partial charge is 0.0884 e. The zero-order valence-electron chi connectivity index (χ0n) is 6.23. The van der Waals surface area contributed by atoms with Crippen molar-refractivity contribution >= 4 is 39.1 Å². The highest BCUT2D eigenvalue weighted by Gasteiger charge is 2.37. The van der Waals surface area contributed by atoms with Crippen molar-refractivity contribution in [1.82, 2.24) is 0 Å². The number of benzene rings is 1. The molecule has 0 N–H and O–H groups in total. The molecule has 1 aromatic rings. The van der Waals surface area contributed by atoms with Crippen LogP contribution >= 0.6 is 39.1 Å². The highest BCUT2D eigenvalue weighted by molar-refractivity contribution is 9.09. The molecule has 0 radical (unpaired) electrons. The van der Waals surface area contributed by atoms with Crippen LogP contribution in [0, 0.1) is 0 Å². The first-order chi connectivity index (χ1) is 5.68. The molecule has 0 nitrogen and oxygen atoms in total. The minimum absolute atomic E-state index is 0.592. The third-order valence-electron chi connectivity index (χ3n) is 2.07. The molecular formula is C9H7BrCl2. The highest BCUT2D eigenvalue weighted by atomic mass is 79.9. The summed E-state index contributed by atoms with van der Waals surface area (Å²) in [6.07, 6.45) is 1.18. The molecule has 1 saturated carbocycles. The second kappa shape index (κ2) is 3.21. The standard InChI is InChI=1S/C9H7BrCl2/c10-8-4-7(8)6-2-1-5(11)3-9(6)12/h1-3,7-8H,4H2. The van der Waals surface area contributed by atoms with E-state index < -0.39 is 0 Å². The Morgan fingerprint density at radius 3 is 2.50 bits per heavy atom. The minimum atomic E-state index is 0.592. The van der Waals surface area contributed by atoms with Gasteiger partial charge in [0.2, 0.25) is 0 Å². The first kappa shape index (κ1) is 8.86. The highest BCUT2D eigenvalue weighted by Crippen LogP contribution is 2.48. The molecule has 64 valence electrons. The predicted octanol–water partition coefficient (Wildman–Crippen LogP) is 4.24. The zero-order valence-corrected chi connectivity index (χ0v) is 9.33. The fourth-order valence-electron chi connectivity index (χ4n) is 1.29. The van der Waals surface area contributed by atoms with E-state index in [0.717, 1.165) is 5.02 Å². The van der Waals surface area contributed by atoms with Crippen LogP contribution in [-0.2, 0) is 0 Å². The number of hydrogen-bond donors (Lipinski definition) is 0. The van der Waals surface area contributed by atoms with E-state index in [1.807, 2.05) is 12.1 Å². The Morgan fingerprint density at radius 1 is 1.33 bits per heavy atom. The Kier molecular flexibility index (Phi) is 2.37. The van der Waals surface area contributed by atoms with E-state index in [-0.39, 0.29) is 0 Å². The fraction of sp³-hybridized carbons (Fsp3) is 0.333. The molecule has 0 heterocycles. The molecule has 1 aliphatic rings. The number of hydrogen-bond acceptors (Lipinski definition) is 0. The second-order valence-corrected chi connectivity index (χ2v) is 5.04. The van der Waals surface area contributed by atoms with Crippen LogP contribution in [0.15, 0.2) is 18.2 Å². The van der Waals surface area contributed by atoms with E-state index in [1.165, 1.54) is 12.0 Å². The molecule has 0 aromatic heterocycles. The summed E-state index contributed by atoms with van der Waals surface area (Å²) in [6.45, 7) is 0. The molecule has 1 fully saturated rings. The summed E-state index contributed by atoms with van der Waals surface area (Å²) >= 11 is 15.4. The van der Waals surface area contributed by atoms with Crippen LogP contribution < -0.4 is 0 Å². The molecule has 3 heteroatoms. The SMILES string of the molecule is Clc1ccc(C2CC2Br)c(Cl)c1. The van der Waals surface area contributed by atoms with Crippen LogP contribution in [0.5, 0.6) is 0 Å². The van der Waals surface area contributed by atoms with E-state index in [4.69, 9.17) is 23.2 Å². The zero-order chi connectivity index (χ0) is 8.72. The molecule has 2 rings (SSSR count). The number of rotatable bonds is 1. The van der Waals surface area contributed by atoms with Gasteiger partial charge in [-0.3, -0.25) is 0 Å². The Morgan fingerprint density at radius 2 is 2.00 bits per heavy atom. The van der Waals surface area contributed by atoms with Crippen LogP contribution in [-0.4, -0.2) is 4.83 Å². The Labute approximate surface area is 90.0 Å². The lowest BCUT2D eigenvalue weighted by molar-refractivity contribution is 1.14. The van der Waals surface area contributed by atoms with Crippen LogP contribution in [0.1, 0.15) is 17.9 Å². The molecule has 0 spiro atoms. The molecule has 1 aromatic carbocycles. The molecule has 1 aliphatic carbocycles. The average Bonchev–Trinajstić information content (AvgIpc) is 2.66. The number of halogens is 3. The summed E-state index contributed by atoms with van der Waals surface area (Å²) in [5.41, 5.74) is 1.21. The summed E-state index contributed by atoms with van der Waals surface area (Å²) in [4.78, 5) is 0.608. The summed E-state index contributed by atoms with van der Waals surface area (Å²) < 4.78 is 0. The minimum Gasteiger partial charge on any atom is -0.0884 e. The molecular weight excluding hydrogens is 259 g/mol. The van der Waals surface area contributed by atoms with Gasteiger partial charge in [0.1, 0.15) is 0 Å². The van der Waals surface area contributed by atoms with Gasteiger partial charge in [-0.1, -0.05) is 45.2 Å². The third-order valence-corrected chi connectivity index (χ3v) is 3.65. The summed E-state index contributed by atoms with van der Waals surface area (Å²) in [6, 6.07) is 5.70. The summed E-state index contributed by atoms with van der Waals surface area (Å²) in [5, 5.41) is 1.49. The van der Waals surface area contributed by atoms with Gasteiger partial charge in [0.15, 0.2) is 0 Å². The van der Waals surface area contributed by atoms with E-state index in [1.54, 1.807) is 6.07 Å². The molecule has 0 bridgehead atoms. The molecule has 12 heavy (non-hydrogen) atoms. The van der Waals surface area contributed by atoms with Crippen molar-refractivity contribution in [2.24, 2.45) is 0 Å². The monoisotopic (exact) mass is 264 g/mol. The van der Waals surface area contributed by atoms with Crippen molar-refractivity contribution in [3.05, 3.63) is 33.8 Å². The van der Waals surface area contributed by atoms with E-state index in [9.17, 15) is 0 Å². The van der Waals surface area contributed by atoms with Gasteiger partial charge >= 0.3 is 0 Å². The van der Waals surface area contributed by atoms with E-state index in [0.29, 0.717) is 15.8 Å². The smallest absolute Gasteiger partial charge is 0.0456 e. The molecule has 0 aliphatic heterocycles. The Balaban J connectivity index is 2.33. The van der Waals surface area contributed by atoms with Crippen molar-refractivity contribution in [3.63, 3.8) is 0 Å². The van der Waals surface area contributed by atoms with E-state index >= 15 is 0 Å². The molecule has 2 atom stereocenters. The maximum absolute atomic E-state index is 6.02. The van der Waals surface area contributed by atoms with Gasteiger partial charge in [-0.2, -0.15) is 0 Å². The van der Waals surface area contributed by atoms with Gasteiger partial charge < -0.3 is 0 Å². The van der Waals surface area contributed by atoms with Crippen molar-refractivity contribution in [2.45, 2.75) is 17.2 Å². The molecule has 2 unspecified atom stereocenters. The van der Waals surface area contributed by atoms with Crippen molar-refractivity contribution in [3.8, 4) is 0 Å².